The van der Waals surface area contributed by atoms with E-state index in [1.165, 1.54) is 26.8 Å². The summed E-state index contributed by atoms with van der Waals surface area (Å²) < 4.78 is 0. The van der Waals surface area contributed by atoms with Gasteiger partial charge in [0.15, 0.2) is 5.13 Å². The standard InChI is InChI=1S/C16H21N3S/c1-3-6-14-15(9-17-2)20-16(18-14)19-10-12-7-4-5-8-13(12)11-19/h4-5,7-8,17H,3,6,9-11H2,1-2H3. The Balaban J connectivity index is 1.83. The number of benzene rings is 1. The Labute approximate surface area is 124 Å². The minimum Gasteiger partial charge on any atom is -0.339 e. The number of hydrogen-bond acceptors (Lipinski definition) is 4. The molecule has 0 atom stereocenters. The maximum Gasteiger partial charge on any atom is 0.186 e. The highest BCUT2D eigenvalue weighted by molar-refractivity contribution is 7.15. The van der Waals surface area contributed by atoms with Gasteiger partial charge in [0.25, 0.3) is 0 Å². The van der Waals surface area contributed by atoms with Crippen LogP contribution in [-0.2, 0) is 26.1 Å². The van der Waals surface area contributed by atoms with Gasteiger partial charge in [-0.3, -0.25) is 0 Å². The Morgan fingerprint density at radius 3 is 2.55 bits per heavy atom. The van der Waals surface area contributed by atoms with Crippen LogP contribution in [0.15, 0.2) is 24.3 Å². The summed E-state index contributed by atoms with van der Waals surface area (Å²) in [5.41, 5.74) is 4.16. The van der Waals surface area contributed by atoms with Crippen LogP contribution in [0.1, 0.15) is 35.0 Å². The lowest BCUT2D eigenvalue weighted by Crippen LogP contribution is -2.14. The van der Waals surface area contributed by atoms with Gasteiger partial charge in [-0.05, 0) is 24.6 Å². The molecule has 0 amide bonds. The van der Waals surface area contributed by atoms with Gasteiger partial charge in [0.1, 0.15) is 0 Å². The molecule has 1 aliphatic rings. The third kappa shape index (κ3) is 2.58. The van der Waals surface area contributed by atoms with Gasteiger partial charge in [-0.15, -0.1) is 11.3 Å². The van der Waals surface area contributed by atoms with Gasteiger partial charge in [0.2, 0.25) is 0 Å². The zero-order valence-electron chi connectivity index (χ0n) is 12.1. The van der Waals surface area contributed by atoms with Gasteiger partial charge in [-0.1, -0.05) is 37.6 Å². The first-order valence-corrected chi connectivity index (χ1v) is 8.08. The summed E-state index contributed by atoms with van der Waals surface area (Å²) in [5.74, 6) is 0. The molecule has 106 valence electrons. The SMILES string of the molecule is CCCc1nc(N2Cc3ccccc3C2)sc1CNC. The van der Waals surface area contributed by atoms with Crippen LogP contribution in [0.3, 0.4) is 0 Å². The van der Waals surface area contributed by atoms with E-state index in [1.54, 1.807) is 0 Å². The summed E-state index contributed by atoms with van der Waals surface area (Å²) in [5, 5.41) is 4.43. The highest BCUT2D eigenvalue weighted by Crippen LogP contribution is 2.33. The van der Waals surface area contributed by atoms with Crippen molar-refractivity contribution in [1.29, 1.82) is 0 Å². The Morgan fingerprint density at radius 1 is 1.25 bits per heavy atom. The van der Waals surface area contributed by atoms with Gasteiger partial charge in [0.05, 0.1) is 5.69 Å². The molecule has 3 nitrogen and oxygen atoms in total. The van der Waals surface area contributed by atoms with Crippen LogP contribution >= 0.6 is 11.3 Å². The molecule has 1 aromatic heterocycles. The predicted molar refractivity (Wildman–Crippen MR) is 85.2 cm³/mol. The largest absolute Gasteiger partial charge is 0.339 e. The fourth-order valence-corrected chi connectivity index (χ4v) is 3.82. The molecule has 1 aliphatic heterocycles. The molecule has 0 saturated carbocycles. The lowest BCUT2D eigenvalue weighted by atomic mass is 10.1. The average Bonchev–Trinajstić information content (AvgIpc) is 3.04. The summed E-state index contributed by atoms with van der Waals surface area (Å²) in [6.07, 6.45) is 2.23. The molecule has 20 heavy (non-hydrogen) atoms. The smallest absolute Gasteiger partial charge is 0.186 e. The molecule has 0 radical (unpaired) electrons. The van der Waals surface area contributed by atoms with Crippen molar-refractivity contribution in [1.82, 2.24) is 10.3 Å². The monoisotopic (exact) mass is 287 g/mol. The van der Waals surface area contributed by atoms with Crippen LogP contribution in [0, 0.1) is 0 Å². The second kappa shape index (κ2) is 5.94. The van der Waals surface area contributed by atoms with Crippen molar-refractivity contribution in [2.75, 3.05) is 11.9 Å². The fraction of sp³-hybridized carbons (Fsp3) is 0.438. The Bertz CT molecular complexity index is 543. The van der Waals surface area contributed by atoms with Crippen molar-refractivity contribution >= 4 is 16.5 Å². The van der Waals surface area contributed by atoms with Crippen LogP contribution in [0.4, 0.5) is 5.13 Å². The normalized spacial score (nSPS) is 13.8. The maximum absolute atomic E-state index is 4.89. The van der Waals surface area contributed by atoms with E-state index in [9.17, 15) is 0 Å². The van der Waals surface area contributed by atoms with E-state index in [0.717, 1.165) is 32.5 Å². The molecule has 4 heteroatoms. The third-order valence-electron chi connectivity index (χ3n) is 3.70. The molecule has 0 unspecified atom stereocenters. The lowest BCUT2D eigenvalue weighted by molar-refractivity contribution is 0.794. The maximum atomic E-state index is 4.89. The third-order valence-corrected chi connectivity index (χ3v) is 4.86. The van der Waals surface area contributed by atoms with Gasteiger partial charge < -0.3 is 10.2 Å². The molecular formula is C16H21N3S. The highest BCUT2D eigenvalue weighted by Gasteiger charge is 2.22. The van der Waals surface area contributed by atoms with Crippen molar-refractivity contribution in [3.05, 3.63) is 46.0 Å². The van der Waals surface area contributed by atoms with Crippen molar-refractivity contribution < 1.29 is 0 Å². The minimum absolute atomic E-state index is 0.924. The van der Waals surface area contributed by atoms with Gasteiger partial charge in [-0.2, -0.15) is 0 Å². The molecule has 0 saturated heterocycles. The van der Waals surface area contributed by atoms with E-state index in [2.05, 4.69) is 41.4 Å². The molecule has 1 N–H and O–H groups in total. The highest BCUT2D eigenvalue weighted by atomic mass is 32.1. The summed E-state index contributed by atoms with van der Waals surface area (Å²) in [6.45, 7) is 5.13. The van der Waals surface area contributed by atoms with Gasteiger partial charge >= 0.3 is 0 Å². The Morgan fingerprint density at radius 2 is 1.95 bits per heavy atom. The second-order valence-corrected chi connectivity index (χ2v) is 6.33. The minimum atomic E-state index is 0.924. The Hall–Kier alpha value is -1.39. The average molecular weight is 287 g/mol. The first kappa shape index (κ1) is 13.6. The molecule has 3 rings (SSSR count). The molecule has 0 aliphatic carbocycles. The Kier molecular flexibility index (Phi) is 4.03. The molecule has 2 aromatic rings. The summed E-state index contributed by atoms with van der Waals surface area (Å²) in [7, 11) is 2.00. The van der Waals surface area contributed by atoms with E-state index >= 15 is 0 Å². The summed E-state index contributed by atoms with van der Waals surface area (Å²) >= 11 is 1.84. The van der Waals surface area contributed by atoms with Crippen molar-refractivity contribution in [3.8, 4) is 0 Å². The van der Waals surface area contributed by atoms with Crippen LogP contribution in [0.2, 0.25) is 0 Å². The number of nitrogens with zero attached hydrogens (tertiary/aromatic N) is 2. The first-order chi connectivity index (χ1) is 9.81. The molecule has 1 aromatic carbocycles. The number of thiazole rings is 1. The van der Waals surface area contributed by atoms with Crippen molar-refractivity contribution in [3.63, 3.8) is 0 Å². The number of anilines is 1. The number of aryl methyl sites for hydroxylation is 1. The zero-order chi connectivity index (χ0) is 13.9. The van der Waals surface area contributed by atoms with Crippen LogP contribution in [0.25, 0.3) is 0 Å². The van der Waals surface area contributed by atoms with E-state index in [1.807, 2.05) is 18.4 Å². The quantitative estimate of drug-likeness (QED) is 0.914. The van der Waals surface area contributed by atoms with E-state index in [-0.39, 0.29) is 0 Å². The van der Waals surface area contributed by atoms with E-state index < -0.39 is 0 Å². The van der Waals surface area contributed by atoms with Gasteiger partial charge in [0, 0.05) is 24.5 Å². The van der Waals surface area contributed by atoms with Crippen molar-refractivity contribution in [2.45, 2.75) is 39.4 Å². The van der Waals surface area contributed by atoms with Crippen LogP contribution in [-0.4, -0.2) is 12.0 Å². The summed E-state index contributed by atoms with van der Waals surface area (Å²) in [4.78, 5) is 8.67. The van der Waals surface area contributed by atoms with E-state index in [0.29, 0.717) is 0 Å². The molecular weight excluding hydrogens is 266 g/mol. The molecule has 0 fully saturated rings. The predicted octanol–water partition coefficient (Wildman–Crippen LogP) is 3.34. The topological polar surface area (TPSA) is 28.2 Å². The van der Waals surface area contributed by atoms with E-state index in [4.69, 9.17) is 4.98 Å². The van der Waals surface area contributed by atoms with Crippen molar-refractivity contribution in [2.24, 2.45) is 0 Å². The summed E-state index contributed by atoms with van der Waals surface area (Å²) in [6, 6.07) is 8.70. The van der Waals surface area contributed by atoms with Crippen LogP contribution in [0.5, 0.6) is 0 Å². The van der Waals surface area contributed by atoms with Crippen LogP contribution < -0.4 is 10.2 Å². The molecule has 0 spiro atoms. The lowest BCUT2D eigenvalue weighted by Gasteiger charge is -2.12. The van der Waals surface area contributed by atoms with Gasteiger partial charge in [-0.25, -0.2) is 4.98 Å². The molecule has 0 bridgehead atoms. The second-order valence-electron chi connectivity index (χ2n) is 5.27. The zero-order valence-corrected chi connectivity index (χ0v) is 13.0. The number of nitrogens with one attached hydrogen (secondary N) is 1. The number of rotatable bonds is 5. The number of fused-ring (bicyclic) bond motifs is 1. The molecule has 2 heterocycles. The fourth-order valence-electron chi connectivity index (χ4n) is 2.70. The first-order valence-electron chi connectivity index (χ1n) is 7.26. The number of aromatic nitrogens is 1. The number of hydrogen-bond donors (Lipinski definition) is 1.